The first kappa shape index (κ1) is 16.0. The van der Waals surface area contributed by atoms with Crippen LogP contribution in [0.3, 0.4) is 0 Å². The highest BCUT2D eigenvalue weighted by Gasteiger charge is 1.98. The van der Waals surface area contributed by atoms with E-state index in [0.717, 1.165) is 32.2 Å². The van der Waals surface area contributed by atoms with Crippen LogP contribution in [0.4, 0.5) is 0 Å². The lowest BCUT2D eigenvalue weighted by atomic mass is 10.2. The molecule has 0 saturated carbocycles. The van der Waals surface area contributed by atoms with Crippen LogP contribution >= 0.6 is 24.4 Å². The Morgan fingerprint density at radius 2 is 2.05 bits per heavy atom. The highest BCUT2D eigenvalue weighted by atomic mass is 32.1. The number of aromatic amines is 1. The van der Waals surface area contributed by atoms with Crippen molar-refractivity contribution < 1.29 is 9.53 Å². The van der Waals surface area contributed by atoms with Gasteiger partial charge in [-0.3, -0.25) is 4.79 Å². The van der Waals surface area contributed by atoms with Crippen molar-refractivity contribution in [3.8, 4) is 0 Å². The molecular weight excluding hydrogens is 280 g/mol. The van der Waals surface area contributed by atoms with Crippen molar-refractivity contribution in [1.29, 1.82) is 0 Å². The van der Waals surface area contributed by atoms with Gasteiger partial charge in [0.1, 0.15) is 4.64 Å². The maximum Gasteiger partial charge on any atom is 0.305 e. The number of ether oxygens (including phenoxy) is 1. The van der Waals surface area contributed by atoms with Crippen molar-refractivity contribution in [3.63, 3.8) is 0 Å². The number of nitrogens with zero attached hydrogens (tertiary/aromatic N) is 1. The van der Waals surface area contributed by atoms with Gasteiger partial charge in [-0.2, -0.15) is 0 Å². The molecule has 0 radical (unpaired) electrons. The minimum Gasteiger partial charge on any atom is -0.466 e. The van der Waals surface area contributed by atoms with Crippen molar-refractivity contribution in [2.45, 2.75) is 45.6 Å². The van der Waals surface area contributed by atoms with Crippen molar-refractivity contribution in [3.05, 3.63) is 21.7 Å². The molecule has 1 N–H and O–H groups in total. The van der Waals surface area contributed by atoms with Gasteiger partial charge in [0.05, 0.1) is 6.61 Å². The number of aromatic nitrogens is 2. The molecule has 1 rings (SSSR count). The Kier molecular flexibility index (Phi) is 7.59. The van der Waals surface area contributed by atoms with E-state index in [1.165, 1.54) is 0 Å². The Morgan fingerprint density at radius 1 is 1.32 bits per heavy atom. The Morgan fingerprint density at radius 3 is 2.74 bits per heavy atom. The van der Waals surface area contributed by atoms with E-state index in [0.29, 0.717) is 22.4 Å². The highest BCUT2D eigenvalue weighted by Crippen LogP contribution is 2.03. The van der Waals surface area contributed by atoms with E-state index < -0.39 is 0 Å². The normalized spacial score (nSPS) is 10.4. The molecule has 6 heteroatoms. The number of hydrogen-bond acceptors (Lipinski definition) is 4. The molecule has 19 heavy (non-hydrogen) atoms. The summed E-state index contributed by atoms with van der Waals surface area (Å²) in [6, 6.07) is 1.84. The molecule has 0 aliphatic rings. The zero-order chi connectivity index (χ0) is 14.1. The Bertz CT molecular complexity index is 508. The summed E-state index contributed by atoms with van der Waals surface area (Å²) in [5, 5.41) is 0. The molecule has 1 aromatic rings. The SMILES string of the molecule is CCC(=O)OCCCCCCn1ccc(=S)[nH]c1=S. The van der Waals surface area contributed by atoms with E-state index in [9.17, 15) is 4.79 Å². The Balaban J connectivity index is 2.12. The number of esters is 1. The molecule has 0 spiro atoms. The van der Waals surface area contributed by atoms with Crippen LogP contribution in [0.2, 0.25) is 0 Å². The molecule has 0 bridgehead atoms. The number of carbonyl (C=O) groups is 1. The fourth-order valence-electron chi connectivity index (χ4n) is 1.65. The molecule has 0 atom stereocenters. The fourth-order valence-corrected chi connectivity index (χ4v) is 2.13. The van der Waals surface area contributed by atoms with Gasteiger partial charge in [-0.05, 0) is 37.5 Å². The third-order valence-electron chi connectivity index (χ3n) is 2.74. The number of aryl methyl sites for hydroxylation is 1. The summed E-state index contributed by atoms with van der Waals surface area (Å²) < 4.78 is 8.34. The van der Waals surface area contributed by atoms with Crippen LogP contribution in [-0.2, 0) is 16.1 Å². The number of H-pyrrole nitrogens is 1. The highest BCUT2D eigenvalue weighted by molar-refractivity contribution is 7.72. The number of unbranched alkanes of at least 4 members (excludes halogenated alkanes) is 3. The van der Waals surface area contributed by atoms with Crippen LogP contribution in [-0.4, -0.2) is 22.1 Å². The first-order valence-electron chi connectivity index (χ1n) is 6.59. The van der Waals surface area contributed by atoms with Gasteiger partial charge in [0, 0.05) is 19.2 Å². The minimum atomic E-state index is -0.120. The molecule has 0 unspecified atom stereocenters. The number of nitrogens with one attached hydrogen (secondary N) is 1. The Labute approximate surface area is 123 Å². The van der Waals surface area contributed by atoms with Crippen LogP contribution in [0, 0.1) is 9.41 Å². The van der Waals surface area contributed by atoms with Gasteiger partial charge in [0.15, 0.2) is 4.77 Å². The lowest BCUT2D eigenvalue weighted by Gasteiger charge is -2.06. The lowest BCUT2D eigenvalue weighted by Crippen LogP contribution is -2.04. The second-order valence-electron chi connectivity index (χ2n) is 4.29. The van der Waals surface area contributed by atoms with Crippen LogP contribution in [0.1, 0.15) is 39.0 Å². The lowest BCUT2D eigenvalue weighted by molar-refractivity contribution is -0.143. The van der Waals surface area contributed by atoms with Crippen molar-refractivity contribution in [1.82, 2.24) is 9.55 Å². The molecular formula is C13H20N2O2S2. The van der Waals surface area contributed by atoms with Gasteiger partial charge in [0.2, 0.25) is 0 Å². The van der Waals surface area contributed by atoms with Crippen LogP contribution in [0.25, 0.3) is 0 Å². The van der Waals surface area contributed by atoms with Crippen LogP contribution in [0.5, 0.6) is 0 Å². The molecule has 0 aromatic carbocycles. The first-order chi connectivity index (χ1) is 9.13. The number of carbonyl (C=O) groups excluding carboxylic acids is 1. The molecule has 0 fully saturated rings. The third-order valence-corrected chi connectivity index (χ3v) is 3.32. The van der Waals surface area contributed by atoms with Gasteiger partial charge in [-0.15, -0.1) is 0 Å². The van der Waals surface area contributed by atoms with Crippen LogP contribution < -0.4 is 0 Å². The smallest absolute Gasteiger partial charge is 0.305 e. The predicted octanol–water partition coefficient (Wildman–Crippen LogP) is 3.79. The van der Waals surface area contributed by atoms with E-state index in [-0.39, 0.29) is 5.97 Å². The minimum absolute atomic E-state index is 0.120. The average molecular weight is 300 g/mol. The summed E-state index contributed by atoms with van der Waals surface area (Å²) in [7, 11) is 0. The standard InChI is InChI=1S/C13H20N2O2S2/c1-2-12(16)17-10-6-4-3-5-8-15-9-7-11(18)14-13(15)19/h7,9H,2-6,8,10H2,1H3,(H,14,18,19). The average Bonchev–Trinajstić information content (AvgIpc) is 2.39. The number of rotatable bonds is 8. The molecule has 0 aliphatic heterocycles. The molecule has 0 amide bonds. The summed E-state index contributed by atoms with van der Waals surface area (Å²) in [5.74, 6) is -0.120. The van der Waals surface area contributed by atoms with Gasteiger partial charge in [-0.1, -0.05) is 25.6 Å². The topological polar surface area (TPSA) is 47.0 Å². The van der Waals surface area contributed by atoms with E-state index in [1.54, 1.807) is 6.92 Å². The molecule has 1 aromatic heterocycles. The summed E-state index contributed by atoms with van der Waals surface area (Å²) in [6.45, 7) is 3.22. The molecule has 1 heterocycles. The molecule has 4 nitrogen and oxygen atoms in total. The van der Waals surface area contributed by atoms with E-state index in [4.69, 9.17) is 29.2 Å². The fraction of sp³-hybridized carbons (Fsp3) is 0.615. The summed E-state index contributed by atoms with van der Waals surface area (Å²) in [6.07, 6.45) is 6.51. The van der Waals surface area contributed by atoms with Crippen molar-refractivity contribution in [2.75, 3.05) is 6.61 Å². The largest absolute Gasteiger partial charge is 0.466 e. The first-order valence-corrected chi connectivity index (χ1v) is 7.40. The second-order valence-corrected chi connectivity index (χ2v) is 5.12. The van der Waals surface area contributed by atoms with Gasteiger partial charge < -0.3 is 14.3 Å². The third kappa shape index (κ3) is 6.63. The second kappa shape index (κ2) is 8.98. The summed E-state index contributed by atoms with van der Waals surface area (Å²) >= 11 is 10.2. The van der Waals surface area contributed by atoms with Crippen molar-refractivity contribution >= 4 is 30.4 Å². The monoisotopic (exact) mass is 300 g/mol. The summed E-state index contributed by atoms with van der Waals surface area (Å²) in [5.41, 5.74) is 0. The van der Waals surface area contributed by atoms with E-state index in [2.05, 4.69) is 4.98 Å². The van der Waals surface area contributed by atoms with E-state index in [1.807, 2.05) is 16.8 Å². The molecule has 0 saturated heterocycles. The molecule has 0 aliphatic carbocycles. The maximum atomic E-state index is 10.9. The zero-order valence-corrected chi connectivity index (χ0v) is 12.8. The van der Waals surface area contributed by atoms with Gasteiger partial charge in [0.25, 0.3) is 0 Å². The van der Waals surface area contributed by atoms with Gasteiger partial charge >= 0.3 is 5.97 Å². The van der Waals surface area contributed by atoms with E-state index >= 15 is 0 Å². The number of hydrogen-bond donors (Lipinski definition) is 1. The quantitative estimate of drug-likeness (QED) is 0.451. The maximum absolute atomic E-state index is 10.9. The molecule has 106 valence electrons. The van der Waals surface area contributed by atoms with Crippen LogP contribution in [0.15, 0.2) is 12.3 Å². The Hall–Kier alpha value is -1.01. The zero-order valence-electron chi connectivity index (χ0n) is 11.2. The summed E-state index contributed by atoms with van der Waals surface area (Å²) in [4.78, 5) is 13.9. The predicted molar refractivity (Wildman–Crippen MR) is 80.2 cm³/mol. The van der Waals surface area contributed by atoms with Gasteiger partial charge in [-0.25, -0.2) is 0 Å². The van der Waals surface area contributed by atoms with Crippen molar-refractivity contribution in [2.24, 2.45) is 0 Å².